The van der Waals surface area contributed by atoms with E-state index in [0.29, 0.717) is 17.7 Å². The monoisotopic (exact) mass is 549 g/mol. The molecule has 40 heavy (non-hydrogen) atoms. The first kappa shape index (κ1) is 30.4. The molecular weight excluding hydrogens is 510 g/mol. The number of rotatable bonds is 11. The van der Waals surface area contributed by atoms with Crippen LogP contribution in [0.5, 0.6) is 5.75 Å². The van der Waals surface area contributed by atoms with Gasteiger partial charge in [-0.05, 0) is 67.8 Å². The lowest BCUT2D eigenvalue weighted by molar-refractivity contribution is -0.141. The minimum absolute atomic E-state index is 0.0625. The number of phenolic OH excluding ortho intramolecular Hbond substituents is 1. The summed E-state index contributed by atoms with van der Waals surface area (Å²) in [5.74, 6) is -1.21. The zero-order chi connectivity index (χ0) is 29.3. The number of hydrogen-bond acceptors (Lipinski definition) is 6. The fourth-order valence-corrected chi connectivity index (χ4v) is 4.38. The van der Waals surface area contributed by atoms with E-state index in [1.54, 1.807) is 39.0 Å². The van der Waals surface area contributed by atoms with Gasteiger partial charge in [0, 0.05) is 12.2 Å². The van der Waals surface area contributed by atoms with Gasteiger partial charge in [0.25, 0.3) is 5.91 Å². The molecule has 9 heteroatoms. The number of phenols is 1. The zero-order valence-electron chi connectivity index (χ0n) is 23.5. The molecule has 0 aliphatic heterocycles. The first-order valence-corrected chi connectivity index (χ1v) is 13.5. The van der Waals surface area contributed by atoms with Crippen molar-refractivity contribution in [2.45, 2.75) is 64.6 Å². The molecule has 9 nitrogen and oxygen atoms in total. The Bertz CT molecular complexity index is 1320. The van der Waals surface area contributed by atoms with Crippen molar-refractivity contribution < 1.29 is 29.3 Å². The largest absolute Gasteiger partial charge is 0.508 e. The number of hydrogen-bond donors (Lipinski definition) is 4. The van der Waals surface area contributed by atoms with Gasteiger partial charge < -0.3 is 30.5 Å². The Morgan fingerprint density at radius 1 is 0.950 bits per heavy atom. The molecular formula is C31H39N3O6. The molecule has 0 bridgehead atoms. The maximum Gasteiger partial charge on any atom is 0.408 e. The van der Waals surface area contributed by atoms with Crippen molar-refractivity contribution in [1.82, 2.24) is 10.2 Å². The summed E-state index contributed by atoms with van der Waals surface area (Å²) in [7, 11) is 0. The van der Waals surface area contributed by atoms with Gasteiger partial charge in [0.05, 0.1) is 6.61 Å². The van der Waals surface area contributed by atoms with Gasteiger partial charge in [0.15, 0.2) is 0 Å². The van der Waals surface area contributed by atoms with Gasteiger partial charge in [0.1, 0.15) is 23.4 Å². The number of aliphatic hydroxyl groups is 1. The Labute approximate surface area is 235 Å². The van der Waals surface area contributed by atoms with Gasteiger partial charge in [-0.25, -0.2) is 4.79 Å². The van der Waals surface area contributed by atoms with Crippen LogP contribution in [0.15, 0.2) is 66.7 Å². The molecule has 0 spiro atoms. The average Bonchev–Trinajstić information content (AvgIpc) is 2.90. The van der Waals surface area contributed by atoms with Crippen LogP contribution in [0.25, 0.3) is 10.8 Å². The van der Waals surface area contributed by atoms with Crippen LogP contribution in [0, 0.1) is 0 Å². The quantitative estimate of drug-likeness (QED) is 0.246. The van der Waals surface area contributed by atoms with Crippen molar-refractivity contribution in [3.63, 3.8) is 0 Å². The predicted molar refractivity (Wildman–Crippen MR) is 155 cm³/mol. The number of ether oxygens (including phenoxy) is 1. The van der Waals surface area contributed by atoms with Crippen molar-refractivity contribution in [3.05, 3.63) is 72.3 Å². The minimum Gasteiger partial charge on any atom is -0.508 e. The molecule has 0 aromatic heterocycles. The molecule has 4 N–H and O–H groups in total. The maximum atomic E-state index is 13.9. The van der Waals surface area contributed by atoms with Crippen molar-refractivity contribution in [2.24, 2.45) is 0 Å². The number of benzene rings is 3. The Morgan fingerprint density at radius 2 is 1.68 bits per heavy atom. The molecule has 3 aromatic carbocycles. The molecule has 0 heterocycles. The van der Waals surface area contributed by atoms with Crippen LogP contribution < -0.4 is 10.6 Å². The number of nitrogens with zero attached hydrogens (tertiary/aromatic N) is 1. The van der Waals surface area contributed by atoms with E-state index >= 15 is 0 Å². The molecule has 0 aliphatic carbocycles. The molecule has 0 radical (unpaired) electrons. The summed E-state index contributed by atoms with van der Waals surface area (Å²) in [6.07, 6.45) is 1.40. The maximum absolute atomic E-state index is 13.9. The second kappa shape index (κ2) is 13.8. The second-order valence-electron chi connectivity index (χ2n) is 10.7. The zero-order valence-corrected chi connectivity index (χ0v) is 23.5. The highest BCUT2D eigenvalue weighted by Gasteiger charge is 2.36. The van der Waals surface area contributed by atoms with E-state index in [2.05, 4.69) is 10.6 Å². The van der Waals surface area contributed by atoms with Gasteiger partial charge in [-0.3, -0.25) is 9.59 Å². The summed E-state index contributed by atoms with van der Waals surface area (Å²) in [4.78, 5) is 41.6. The van der Waals surface area contributed by atoms with Crippen LogP contribution in [0.1, 0.15) is 58.6 Å². The third-order valence-corrected chi connectivity index (χ3v) is 6.22. The summed E-state index contributed by atoms with van der Waals surface area (Å²) in [5, 5.41) is 27.6. The molecule has 0 fully saturated rings. The van der Waals surface area contributed by atoms with Crippen LogP contribution in [-0.4, -0.2) is 57.8 Å². The summed E-state index contributed by atoms with van der Waals surface area (Å²) in [5.41, 5.74) is 0.120. The average molecular weight is 550 g/mol. The lowest BCUT2D eigenvalue weighted by atomic mass is 10.0. The number of carbonyl (C=O) groups is 3. The SMILES string of the molecule is CCCCCN(C(=O)C(CO)NC(=O)OC(C)(C)C)C(C(=O)Nc1ccc2ccccc2c1)c1cccc(O)c1. The van der Waals surface area contributed by atoms with E-state index in [1.165, 1.54) is 17.0 Å². The number of anilines is 1. The van der Waals surface area contributed by atoms with Crippen molar-refractivity contribution in [2.75, 3.05) is 18.5 Å². The van der Waals surface area contributed by atoms with Gasteiger partial charge >= 0.3 is 6.09 Å². The highest BCUT2D eigenvalue weighted by Crippen LogP contribution is 2.28. The molecule has 3 aromatic rings. The Kier molecular flexibility index (Phi) is 10.5. The number of aromatic hydroxyl groups is 1. The van der Waals surface area contributed by atoms with Crippen molar-refractivity contribution in [1.29, 1.82) is 0 Å². The standard InChI is InChI=1S/C31H39N3O6/c1-5-6-9-17-34(29(38)26(20-35)33-30(39)40-31(2,3)4)27(23-13-10-14-25(36)19-23)28(37)32-24-16-15-21-11-7-8-12-22(21)18-24/h7-8,10-16,18-19,26-27,35-36H,5-6,9,17,20H2,1-4H3,(H,32,37)(H,33,39). The molecule has 214 valence electrons. The first-order valence-electron chi connectivity index (χ1n) is 13.5. The molecule has 3 amide bonds. The fraction of sp³-hybridized carbons (Fsp3) is 0.387. The summed E-state index contributed by atoms with van der Waals surface area (Å²) in [6.45, 7) is 6.58. The number of nitrogens with one attached hydrogen (secondary N) is 2. The highest BCUT2D eigenvalue weighted by molar-refractivity contribution is 6.00. The fourth-order valence-electron chi connectivity index (χ4n) is 4.38. The number of alkyl carbamates (subject to hydrolysis) is 1. The number of unbranched alkanes of at least 4 members (excludes halogenated alkanes) is 2. The molecule has 0 saturated carbocycles. The smallest absolute Gasteiger partial charge is 0.408 e. The third-order valence-electron chi connectivity index (χ3n) is 6.22. The van der Waals surface area contributed by atoms with E-state index in [9.17, 15) is 24.6 Å². The number of fused-ring (bicyclic) bond motifs is 1. The van der Waals surface area contributed by atoms with Gasteiger partial charge in [-0.15, -0.1) is 0 Å². The lowest BCUT2D eigenvalue weighted by Crippen LogP contribution is -2.54. The van der Waals surface area contributed by atoms with Crippen LogP contribution in [0.3, 0.4) is 0 Å². The van der Waals surface area contributed by atoms with E-state index in [1.807, 2.05) is 43.3 Å². The van der Waals surface area contributed by atoms with E-state index in [0.717, 1.165) is 23.6 Å². The first-order chi connectivity index (χ1) is 19.0. The van der Waals surface area contributed by atoms with Crippen LogP contribution in [0.4, 0.5) is 10.5 Å². The summed E-state index contributed by atoms with van der Waals surface area (Å²) < 4.78 is 5.28. The number of amides is 3. The van der Waals surface area contributed by atoms with Crippen LogP contribution in [-0.2, 0) is 14.3 Å². The molecule has 2 atom stereocenters. The van der Waals surface area contributed by atoms with Crippen molar-refractivity contribution >= 4 is 34.4 Å². The predicted octanol–water partition coefficient (Wildman–Crippen LogP) is 5.13. The molecule has 3 rings (SSSR count). The van der Waals surface area contributed by atoms with E-state index < -0.39 is 42.2 Å². The second-order valence-corrected chi connectivity index (χ2v) is 10.7. The Hall–Kier alpha value is -4.11. The van der Waals surface area contributed by atoms with Gasteiger partial charge in [0.2, 0.25) is 5.91 Å². The number of aliphatic hydroxyl groups excluding tert-OH is 1. The Balaban J connectivity index is 1.99. The molecule has 2 unspecified atom stereocenters. The minimum atomic E-state index is -1.34. The number of carbonyl (C=O) groups excluding carboxylic acids is 3. The Morgan fingerprint density at radius 3 is 2.33 bits per heavy atom. The molecule has 0 aliphatic rings. The normalized spacial score (nSPS) is 12.8. The highest BCUT2D eigenvalue weighted by atomic mass is 16.6. The lowest BCUT2D eigenvalue weighted by Gasteiger charge is -2.34. The molecule has 0 saturated heterocycles. The van der Waals surface area contributed by atoms with Gasteiger partial charge in [-0.2, -0.15) is 0 Å². The summed E-state index contributed by atoms with van der Waals surface area (Å²) >= 11 is 0. The topological polar surface area (TPSA) is 128 Å². The van der Waals surface area contributed by atoms with E-state index in [-0.39, 0.29) is 12.3 Å². The third kappa shape index (κ3) is 8.44. The van der Waals surface area contributed by atoms with Gasteiger partial charge in [-0.1, -0.05) is 62.2 Å². The van der Waals surface area contributed by atoms with Crippen molar-refractivity contribution in [3.8, 4) is 5.75 Å². The van der Waals surface area contributed by atoms with E-state index in [4.69, 9.17) is 4.74 Å². The summed E-state index contributed by atoms with van der Waals surface area (Å²) in [6, 6.07) is 16.9. The van der Waals surface area contributed by atoms with Crippen LogP contribution >= 0.6 is 0 Å². The van der Waals surface area contributed by atoms with Crippen LogP contribution in [0.2, 0.25) is 0 Å².